The van der Waals surface area contributed by atoms with Crippen LogP contribution < -0.4 is 5.56 Å². The number of aromatic amines is 1. The fourth-order valence-corrected chi connectivity index (χ4v) is 0.506. The standard InChI is InChI=1S/C6H7NO.C3H6O.C2H6/c1-5-3-2-4-7-6(5)8;1-3(2)4;1-2/h2-4H,1H3,(H,7,8);1-2H3;1-2H3. The Morgan fingerprint density at radius 3 is 1.93 bits per heavy atom. The molecule has 0 saturated carbocycles. The number of ketones is 1. The SMILES string of the molecule is CC.CC(C)=O.Cc1ccc[nH]c1=O. The third-order valence-corrected chi connectivity index (χ3v) is 1.02. The molecular formula is C11H19NO2. The number of pyridine rings is 1. The lowest BCUT2D eigenvalue weighted by Crippen LogP contribution is -2.06. The molecule has 0 bridgehead atoms. The molecule has 0 aliphatic heterocycles. The van der Waals surface area contributed by atoms with Crippen LogP contribution in [0.15, 0.2) is 23.1 Å². The molecule has 0 amide bonds. The van der Waals surface area contributed by atoms with Gasteiger partial charge in [-0.15, -0.1) is 0 Å². The fourth-order valence-electron chi connectivity index (χ4n) is 0.506. The second-order valence-electron chi connectivity index (χ2n) is 2.59. The maximum Gasteiger partial charge on any atom is 0.250 e. The average Bonchev–Trinajstić information content (AvgIpc) is 2.13. The van der Waals surface area contributed by atoms with Crippen LogP contribution in [0.1, 0.15) is 33.3 Å². The van der Waals surface area contributed by atoms with Crippen LogP contribution in [-0.4, -0.2) is 10.8 Å². The van der Waals surface area contributed by atoms with Gasteiger partial charge in [-0.05, 0) is 26.8 Å². The van der Waals surface area contributed by atoms with E-state index in [0.717, 1.165) is 5.56 Å². The third-order valence-electron chi connectivity index (χ3n) is 1.02. The zero-order valence-electron chi connectivity index (χ0n) is 9.55. The zero-order valence-corrected chi connectivity index (χ0v) is 9.55. The Hall–Kier alpha value is -1.38. The first kappa shape index (κ1) is 15.1. The summed E-state index contributed by atoms with van der Waals surface area (Å²) in [5.41, 5.74) is 0.750. The van der Waals surface area contributed by atoms with Gasteiger partial charge in [0.25, 0.3) is 5.56 Å². The van der Waals surface area contributed by atoms with Crippen molar-refractivity contribution in [1.82, 2.24) is 4.98 Å². The molecule has 0 aromatic carbocycles. The highest BCUT2D eigenvalue weighted by Gasteiger charge is 1.83. The monoisotopic (exact) mass is 197 g/mol. The molecule has 1 N–H and O–H groups in total. The van der Waals surface area contributed by atoms with Gasteiger partial charge in [-0.25, -0.2) is 0 Å². The molecule has 1 rings (SSSR count). The molecule has 0 spiro atoms. The van der Waals surface area contributed by atoms with Crippen molar-refractivity contribution in [3.8, 4) is 0 Å². The molecule has 3 heteroatoms. The summed E-state index contributed by atoms with van der Waals surface area (Å²) in [6.45, 7) is 8.83. The van der Waals surface area contributed by atoms with E-state index < -0.39 is 0 Å². The van der Waals surface area contributed by atoms with Gasteiger partial charge in [-0.1, -0.05) is 19.9 Å². The predicted octanol–water partition coefficient (Wildman–Crippen LogP) is 2.30. The lowest BCUT2D eigenvalue weighted by Gasteiger charge is -1.83. The van der Waals surface area contributed by atoms with Crippen molar-refractivity contribution in [1.29, 1.82) is 0 Å². The van der Waals surface area contributed by atoms with Gasteiger partial charge >= 0.3 is 0 Å². The number of nitrogens with one attached hydrogen (secondary N) is 1. The molecule has 1 aromatic heterocycles. The van der Waals surface area contributed by atoms with Gasteiger partial charge in [0.1, 0.15) is 5.78 Å². The highest BCUT2D eigenvalue weighted by atomic mass is 16.1. The molecule has 0 radical (unpaired) electrons. The van der Waals surface area contributed by atoms with Crippen LogP contribution >= 0.6 is 0 Å². The summed E-state index contributed by atoms with van der Waals surface area (Å²) >= 11 is 0. The molecule has 0 saturated heterocycles. The number of H-pyrrole nitrogens is 1. The molecule has 1 heterocycles. The van der Waals surface area contributed by atoms with E-state index in [2.05, 4.69) is 4.98 Å². The van der Waals surface area contributed by atoms with Crippen molar-refractivity contribution in [2.75, 3.05) is 0 Å². The maximum absolute atomic E-state index is 10.6. The minimum atomic E-state index is -0.00694. The summed E-state index contributed by atoms with van der Waals surface area (Å²) in [4.78, 5) is 22.6. The van der Waals surface area contributed by atoms with Crippen molar-refractivity contribution in [3.05, 3.63) is 34.2 Å². The number of hydrogen-bond donors (Lipinski definition) is 1. The first-order valence-corrected chi connectivity index (χ1v) is 4.65. The molecule has 1 aromatic rings. The smallest absolute Gasteiger partial charge is 0.250 e. The third kappa shape index (κ3) is 10.6. The van der Waals surface area contributed by atoms with Crippen molar-refractivity contribution in [2.24, 2.45) is 0 Å². The van der Waals surface area contributed by atoms with Gasteiger partial charge in [-0.3, -0.25) is 4.79 Å². The van der Waals surface area contributed by atoms with Crippen molar-refractivity contribution in [2.45, 2.75) is 34.6 Å². The van der Waals surface area contributed by atoms with E-state index in [1.54, 1.807) is 25.3 Å². The van der Waals surface area contributed by atoms with Gasteiger partial charge < -0.3 is 9.78 Å². The Labute approximate surface area is 85.2 Å². The Morgan fingerprint density at radius 1 is 1.29 bits per heavy atom. The highest BCUT2D eigenvalue weighted by molar-refractivity contribution is 5.72. The van der Waals surface area contributed by atoms with Gasteiger partial charge in [0.15, 0.2) is 0 Å². The zero-order chi connectivity index (χ0) is 11.6. The quantitative estimate of drug-likeness (QED) is 0.693. The highest BCUT2D eigenvalue weighted by Crippen LogP contribution is 1.81. The number of aromatic nitrogens is 1. The molecule has 0 aliphatic carbocycles. The number of Topliss-reactive ketones (excluding diaryl/α,β-unsaturated/α-hetero) is 1. The number of rotatable bonds is 0. The molecule has 0 aliphatic rings. The summed E-state index contributed by atoms with van der Waals surface area (Å²) in [5, 5.41) is 0. The molecule has 0 fully saturated rings. The number of aryl methyl sites for hydroxylation is 1. The topological polar surface area (TPSA) is 49.9 Å². The number of hydrogen-bond acceptors (Lipinski definition) is 2. The number of carbonyl (C=O) groups excluding carboxylic acids is 1. The van der Waals surface area contributed by atoms with Crippen molar-refractivity contribution >= 4 is 5.78 Å². The molecule has 14 heavy (non-hydrogen) atoms. The van der Waals surface area contributed by atoms with Crippen LogP contribution in [0.5, 0.6) is 0 Å². The van der Waals surface area contributed by atoms with Crippen LogP contribution in [-0.2, 0) is 4.79 Å². The fraction of sp³-hybridized carbons (Fsp3) is 0.455. The van der Waals surface area contributed by atoms with Gasteiger partial charge in [0.2, 0.25) is 0 Å². The summed E-state index contributed by atoms with van der Waals surface area (Å²) in [6.07, 6.45) is 1.62. The first-order valence-electron chi connectivity index (χ1n) is 4.65. The van der Waals surface area contributed by atoms with E-state index in [1.165, 1.54) is 13.8 Å². The van der Waals surface area contributed by atoms with Gasteiger partial charge in [-0.2, -0.15) is 0 Å². The molecular weight excluding hydrogens is 178 g/mol. The van der Waals surface area contributed by atoms with Crippen LogP contribution in [0.3, 0.4) is 0 Å². The average molecular weight is 197 g/mol. The normalized spacial score (nSPS) is 7.50. The van der Waals surface area contributed by atoms with E-state index in [1.807, 2.05) is 13.8 Å². The number of carbonyl (C=O) groups is 1. The second-order valence-corrected chi connectivity index (χ2v) is 2.59. The maximum atomic E-state index is 10.6. The molecule has 0 unspecified atom stereocenters. The summed E-state index contributed by atoms with van der Waals surface area (Å²) < 4.78 is 0. The second kappa shape index (κ2) is 9.71. The lowest BCUT2D eigenvalue weighted by molar-refractivity contribution is -0.114. The Balaban J connectivity index is 0. The first-order chi connectivity index (χ1) is 6.54. The van der Waals surface area contributed by atoms with Crippen LogP contribution in [0.4, 0.5) is 0 Å². The Morgan fingerprint density at radius 2 is 1.71 bits per heavy atom. The molecule has 0 atom stereocenters. The lowest BCUT2D eigenvalue weighted by atomic mass is 10.3. The predicted molar refractivity (Wildman–Crippen MR) is 59.5 cm³/mol. The Bertz CT molecular complexity index is 298. The van der Waals surface area contributed by atoms with E-state index in [0.29, 0.717) is 0 Å². The summed E-state index contributed by atoms with van der Waals surface area (Å²) in [5.74, 6) is 0.167. The van der Waals surface area contributed by atoms with Crippen LogP contribution in [0, 0.1) is 6.92 Å². The van der Waals surface area contributed by atoms with E-state index >= 15 is 0 Å². The van der Waals surface area contributed by atoms with E-state index in [4.69, 9.17) is 0 Å². The van der Waals surface area contributed by atoms with E-state index in [-0.39, 0.29) is 11.3 Å². The van der Waals surface area contributed by atoms with Crippen molar-refractivity contribution in [3.63, 3.8) is 0 Å². The summed E-state index contributed by atoms with van der Waals surface area (Å²) in [7, 11) is 0. The largest absolute Gasteiger partial charge is 0.329 e. The Kier molecular flexibility index (Phi) is 10.5. The van der Waals surface area contributed by atoms with Crippen LogP contribution in [0.2, 0.25) is 0 Å². The van der Waals surface area contributed by atoms with Crippen molar-refractivity contribution < 1.29 is 4.79 Å². The molecule has 3 nitrogen and oxygen atoms in total. The van der Waals surface area contributed by atoms with Gasteiger partial charge in [0.05, 0.1) is 0 Å². The van der Waals surface area contributed by atoms with Crippen LogP contribution in [0.25, 0.3) is 0 Å². The molecule has 80 valence electrons. The minimum absolute atomic E-state index is 0.00694. The minimum Gasteiger partial charge on any atom is -0.329 e. The summed E-state index contributed by atoms with van der Waals surface area (Å²) in [6, 6.07) is 3.58. The van der Waals surface area contributed by atoms with Gasteiger partial charge in [0, 0.05) is 11.8 Å². The van der Waals surface area contributed by atoms with E-state index in [9.17, 15) is 9.59 Å².